The topological polar surface area (TPSA) is 113 Å². The van der Waals surface area contributed by atoms with Crippen LogP contribution in [0.15, 0.2) is 24.3 Å². The molecule has 3 amide bonds. The summed E-state index contributed by atoms with van der Waals surface area (Å²) in [4.78, 5) is 63.5. The highest BCUT2D eigenvalue weighted by atomic mass is 19.4. The number of hydrogen-bond acceptors (Lipinski definition) is 5. The summed E-state index contributed by atoms with van der Waals surface area (Å²) in [7, 11) is 0. The number of hydrogen-bond donors (Lipinski definition) is 2. The van der Waals surface area contributed by atoms with Gasteiger partial charge in [0.1, 0.15) is 12.1 Å². The van der Waals surface area contributed by atoms with Gasteiger partial charge in [0.05, 0.1) is 6.04 Å². The van der Waals surface area contributed by atoms with Gasteiger partial charge in [0.15, 0.2) is 5.78 Å². The highest BCUT2D eigenvalue weighted by Gasteiger charge is 2.46. The zero-order chi connectivity index (χ0) is 27.4. The second kappa shape index (κ2) is 11.7. The molecule has 0 aliphatic carbocycles. The number of amides is 3. The summed E-state index contributed by atoms with van der Waals surface area (Å²) in [5, 5.41) is 4.85. The molecule has 0 saturated carbocycles. The summed E-state index contributed by atoms with van der Waals surface area (Å²) in [6.45, 7) is 7.78. The van der Waals surface area contributed by atoms with Crippen molar-refractivity contribution in [1.82, 2.24) is 15.5 Å². The molecule has 2 N–H and O–H groups in total. The molecule has 0 radical (unpaired) electrons. The first kappa shape index (κ1) is 29.0. The van der Waals surface area contributed by atoms with Gasteiger partial charge in [-0.2, -0.15) is 13.2 Å². The van der Waals surface area contributed by atoms with E-state index in [4.69, 9.17) is 0 Å². The Morgan fingerprint density at radius 2 is 1.42 bits per heavy atom. The Hall–Kier alpha value is -3.24. The van der Waals surface area contributed by atoms with Crippen LogP contribution in [0.3, 0.4) is 0 Å². The fraction of sp³-hybridized carbons (Fsp3) is 0.560. The maximum Gasteiger partial charge on any atom is 0.452 e. The largest absolute Gasteiger partial charge is 0.452 e. The third-order valence-corrected chi connectivity index (χ3v) is 6.14. The molecule has 8 nitrogen and oxygen atoms in total. The van der Waals surface area contributed by atoms with Crippen LogP contribution in [0.5, 0.6) is 0 Å². The Morgan fingerprint density at radius 1 is 0.889 bits per heavy atom. The second-order valence-corrected chi connectivity index (χ2v) is 9.61. The fourth-order valence-corrected chi connectivity index (χ4v) is 4.04. The van der Waals surface area contributed by atoms with E-state index in [-0.39, 0.29) is 30.2 Å². The van der Waals surface area contributed by atoms with E-state index in [0.717, 1.165) is 0 Å². The first-order valence-corrected chi connectivity index (χ1v) is 11.8. The van der Waals surface area contributed by atoms with Crippen LogP contribution in [-0.4, -0.2) is 65.0 Å². The van der Waals surface area contributed by atoms with Gasteiger partial charge in [-0.05, 0) is 43.7 Å². The highest BCUT2D eigenvalue weighted by molar-refractivity contribution is 6.00. The summed E-state index contributed by atoms with van der Waals surface area (Å²) in [5.41, 5.74) is 0.664. The SMILES string of the molecule is CC(=O)c1ccc(C(=O)N[C@H](C(=O)N2CCC[C@H]2C(=O)NC(C(=O)C(F)(F)F)C(C)C)C(C)C)cc1. The Morgan fingerprint density at radius 3 is 1.89 bits per heavy atom. The van der Waals surface area contributed by atoms with Crippen molar-refractivity contribution in [3.63, 3.8) is 0 Å². The number of ketones is 2. The summed E-state index contributed by atoms with van der Waals surface area (Å²) < 4.78 is 39.0. The third kappa shape index (κ3) is 6.92. The van der Waals surface area contributed by atoms with Gasteiger partial charge in [-0.15, -0.1) is 0 Å². The number of Topliss-reactive ketones (excluding diaryl/α,β-unsaturated/α-hetero) is 2. The van der Waals surface area contributed by atoms with E-state index in [0.29, 0.717) is 12.0 Å². The Labute approximate surface area is 208 Å². The highest BCUT2D eigenvalue weighted by Crippen LogP contribution is 2.24. The van der Waals surface area contributed by atoms with Crippen molar-refractivity contribution in [2.45, 2.75) is 71.8 Å². The molecule has 1 saturated heterocycles. The maximum absolute atomic E-state index is 13.4. The number of halogens is 3. The molecular weight excluding hydrogens is 479 g/mol. The fourth-order valence-electron chi connectivity index (χ4n) is 4.04. The molecule has 1 aliphatic heterocycles. The number of nitrogens with zero attached hydrogens (tertiary/aromatic N) is 1. The number of rotatable bonds is 9. The van der Waals surface area contributed by atoms with Gasteiger partial charge in [-0.3, -0.25) is 24.0 Å². The van der Waals surface area contributed by atoms with Crippen LogP contribution in [0.2, 0.25) is 0 Å². The molecule has 198 valence electrons. The molecule has 3 atom stereocenters. The molecule has 1 unspecified atom stereocenters. The lowest BCUT2D eigenvalue weighted by molar-refractivity contribution is -0.175. The van der Waals surface area contributed by atoms with Crippen LogP contribution < -0.4 is 10.6 Å². The van der Waals surface area contributed by atoms with Crippen molar-refractivity contribution in [2.75, 3.05) is 6.54 Å². The molecule has 0 spiro atoms. The Bertz CT molecular complexity index is 1010. The lowest BCUT2D eigenvalue weighted by atomic mass is 9.98. The minimum Gasteiger partial charge on any atom is -0.344 e. The Balaban J connectivity index is 2.18. The van der Waals surface area contributed by atoms with Crippen LogP contribution in [0.4, 0.5) is 13.2 Å². The molecule has 36 heavy (non-hydrogen) atoms. The lowest BCUT2D eigenvalue weighted by Gasteiger charge is -2.32. The number of alkyl halides is 3. The molecule has 1 fully saturated rings. The van der Waals surface area contributed by atoms with Crippen LogP contribution in [0.25, 0.3) is 0 Å². The van der Waals surface area contributed by atoms with Crippen LogP contribution >= 0.6 is 0 Å². The van der Waals surface area contributed by atoms with E-state index in [2.05, 4.69) is 10.6 Å². The molecule has 0 aromatic heterocycles. The van der Waals surface area contributed by atoms with Crippen LogP contribution in [-0.2, 0) is 14.4 Å². The van der Waals surface area contributed by atoms with Gasteiger partial charge in [-0.25, -0.2) is 0 Å². The summed E-state index contributed by atoms with van der Waals surface area (Å²) in [5.74, 6) is -5.32. The van der Waals surface area contributed by atoms with Crippen LogP contribution in [0, 0.1) is 11.8 Å². The van der Waals surface area contributed by atoms with E-state index < -0.39 is 53.7 Å². The Kier molecular flexibility index (Phi) is 9.39. The molecular formula is C25H32F3N3O5. The van der Waals surface area contributed by atoms with E-state index in [1.54, 1.807) is 13.8 Å². The summed E-state index contributed by atoms with van der Waals surface area (Å²) in [6.07, 6.45) is -4.45. The number of carbonyl (C=O) groups is 5. The summed E-state index contributed by atoms with van der Waals surface area (Å²) in [6, 6.07) is 2.08. The van der Waals surface area contributed by atoms with Crippen molar-refractivity contribution >= 4 is 29.3 Å². The first-order chi connectivity index (χ1) is 16.6. The zero-order valence-corrected chi connectivity index (χ0v) is 20.9. The van der Waals surface area contributed by atoms with Crippen molar-refractivity contribution in [3.05, 3.63) is 35.4 Å². The van der Waals surface area contributed by atoms with Crippen LogP contribution in [0.1, 0.15) is 68.2 Å². The molecule has 1 aromatic rings. The van der Waals surface area contributed by atoms with Gasteiger partial charge in [0, 0.05) is 17.7 Å². The normalized spacial score (nSPS) is 17.6. The molecule has 1 aliphatic rings. The smallest absolute Gasteiger partial charge is 0.344 e. The minimum absolute atomic E-state index is 0.160. The molecule has 11 heteroatoms. The zero-order valence-electron chi connectivity index (χ0n) is 20.9. The lowest BCUT2D eigenvalue weighted by Crippen LogP contribution is -2.58. The van der Waals surface area contributed by atoms with E-state index >= 15 is 0 Å². The van der Waals surface area contributed by atoms with E-state index in [9.17, 15) is 37.1 Å². The molecule has 0 bridgehead atoms. The predicted octanol–water partition coefficient (Wildman–Crippen LogP) is 2.91. The van der Waals surface area contributed by atoms with Gasteiger partial charge >= 0.3 is 6.18 Å². The van der Waals surface area contributed by atoms with E-state index in [1.165, 1.54) is 49.9 Å². The molecule has 2 rings (SSSR count). The predicted molar refractivity (Wildman–Crippen MR) is 125 cm³/mol. The number of nitrogens with one attached hydrogen (secondary N) is 2. The van der Waals surface area contributed by atoms with Crippen molar-refractivity contribution in [3.8, 4) is 0 Å². The average Bonchev–Trinajstić information content (AvgIpc) is 3.29. The first-order valence-electron chi connectivity index (χ1n) is 11.8. The maximum atomic E-state index is 13.4. The molecule has 1 aromatic carbocycles. The van der Waals surface area contributed by atoms with Gasteiger partial charge < -0.3 is 15.5 Å². The molecule has 1 heterocycles. The third-order valence-electron chi connectivity index (χ3n) is 6.14. The number of likely N-dealkylation sites (tertiary alicyclic amines) is 1. The monoisotopic (exact) mass is 511 g/mol. The number of benzene rings is 1. The number of carbonyl (C=O) groups excluding carboxylic acids is 5. The van der Waals surface area contributed by atoms with E-state index in [1.807, 2.05) is 0 Å². The van der Waals surface area contributed by atoms with Gasteiger partial charge in [0.25, 0.3) is 11.7 Å². The van der Waals surface area contributed by atoms with Crippen molar-refractivity contribution < 1.29 is 37.1 Å². The minimum atomic E-state index is -5.11. The van der Waals surface area contributed by atoms with Gasteiger partial charge in [0.2, 0.25) is 11.8 Å². The quantitative estimate of drug-likeness (QED) is 0.495. The summed E-state index contributed by atoms with van der Waals surface area (Å²) >= 11 is 0. The standard InChI is InChI=1S/C25H32F3N3O5/c1-13(2)19(21(33)25(26,27)28)29-23(35)18-7-6-12-31(18)24(36)20(14(3)4)30-22(34)17-10-8-16(9-11-17)15(5)32/h8-11,13-14,18-20H,6-7,12H2,1-5H3,(H,29,35)(H,30,34)/t18-,19?,20-/m0/s1. The van der Waals surface area contributed by atoms with Crippen molar-refractivity contribution in [2.24, 2.45) is 11.8 Å². The second-order valence-electron chi connectivity index (χ2n) is 9.61. The van der Waals surface area contributed by atoms with Crippen molar-refractivity contribution in [1.29, 1.82) is 0 Å². The van der Waals surface area contributed by atoms with Gasteiger partial charge in [-0.1, -0.05) is 39.8 Å². The average molecular weight is 512 g/mol.